The Morgan fingerprint density at radius 3 is 1.71 bits per heavy atom. The average Bonchev–Trinajstić information content (AvgIpc) is 2.05. The molecular formula is C6H5Cl. The first kappa shape index (κ1) is 2.72. The van der Waals surface area contributed by atoms with Crippen molar-refractivity contribution in [2.24, 2.45) is 29.6 Å². The molecule has 0 aromatic carbocycles. The van der Waals surface area contributed by atoms with E-state index in [0.717, 1.165) is 17.8 Å². The van der Waals surface area contributed by atoms with Crippen LogP contribution >= 0.6 is 11.6 Å². The smallest absolute Gasteiger partial charge is 0.0549 e. The van der Waals surface area contributed by atoms with E-state index >= 15 is 0 Å². The summed E-state index contributed by atoms with van der Waals surface area (Å²) in [5, 5.41) is 0. The summed E-state index contributed by atoms with van der Waals surface area (Å²) < 4.78 is 0. The van der Waals surface area contributed by atoms with Crippen molar-refractivity contribution in [2.45, 2.75) is 4.87 Å². The molecular weight excluding hydrogens is 108 g/mol. The van der Waals surface area contributed by atoms with Crippen molar-refractivity contribution in [3.05, 3.63) is 0 Å². The van der Waals surface area contributed by atoms with E-state index in [-0.39, 0.29) is 0 Å². The Labute approximate surface area is 46.8 Å². The van der Waals surface area contributed by atoms with Gasteiger partial charge in [-0.15, -0.1) is 11.6 Å². The highest BCUT2D eigenvalue weighted by Crippen LogP contribution is 3.04. The molecule has 5 rings (SSSR count). The maximum Gasteiger partial charge on any atom is 0.0549 e. The van der Waals surface area contributed by atoms with Crippen LogP contribution in [0.1, 0.15) is 0 Å². The first-order valence-electron chi connectivity index (χ1n) is 3.06. The molecule has 0 radical (unpaired) electrons. The summed E-state index contributed by atoms with van der Waals surface area (Å²) in [4.78, 5) is 0.454. The molecule has 5 aliphatic rings. The summed E-state index contributed by atoms with van der Waals surface area (Å²) in [7, 11) is 0. The molecule has 0 aliphatic heterocycles. The third-order valence-electron chi connectivity index (χ3n) is 3.77. The van der Waals surface area contributed by atoms with Crippen LogP contribution in [-0.2, 0) is 0 Å². The Bertz CT molecular complexity index is 157. The van der Waals surface area contributed by atoms with E-state index in [0.29, 0.717) is 4.87 Å². The van der Waals surface area contributed by atoms with Crippen LogP contribution < -0.4 is 0 Å². The second kappa shape index (κ2) is 0.388. The molecule has 0 nitrogen and oxygen atoms in total. The van der Waals surface area contributed by atoms with Gasteiger partial charge in [0.25, 0.3) is 0 Å². The van der Waals surface area contributed by atoms with Gasteiger partial charge in [0.1, 0.15) is 0 Å². The van der Waals surface area contributed by atoms with E-state index in [1.807, 2.05) is 0 Å². The highest BCUT2D eigenvalue weighted by molar-refractivity contribution is 6.30. The van der Waals surface area contributed by atoms with Crippen molar-refractivity contribution < 1.29 is 0 Å². The van der Waals surface area contributed by atoms with E-state index in [1.165, 1.54) is 11.8 Å². The van der Waals surface area contributed by atoms with Gasteiger partial charge in [0.05, 0.1) is 4.87 Å². The van der Waals surface area contributed by atoms with E-state index in [4.69, 9.17) is 11.6 Å². The molecule has 4 unspecified atom stereocenters. The molecule has 0 heterocycles. The summed E-state index contributed by atoms with van der Waals surface area (Å²) in [6.07, 6.45) is 0. The summed E-state index contributed by atoms with van der Waals surface area (Å²) in [6.45, 7) is 0. The SMILES string of the molecule is ClC12C3C4C3C1C42. The largest absolute Gasteiger partial charge is 0.118 e. The third-order valence-corrected chi connectivity index (χ3v) is 4.53. The molecule has 4 atom stereocenters. The first-order valence-corrected chi connectivity index (χ1v) is 3.43. The van der Waals surface area contributed by atoms with Crippen molar-refractivity contribution in [1.82, 2.24) is 0 Å². The molecule has 5 saturated carbocycles. The van der Waals surface area contributed by atoms with Crippen LogP contribution in [-0.4, -0.2) is 4.87 Å². The van der Waals surface area contributed by atoms with Crippen LogP contribution in [0.25, 0.3) is 0 Å². The lowest BCUT2D eigenvalue weighted by molar-refractivity contribution is 0.434. The standard InChI is InChI=1S/C6H5Cl/c7-6-3-1-2(3)5(6)4(1)6/h1-5H. The molecule has 36 valence electrons. The maximum absolute atomic E-state index is 6.10. The van der Waals surface area contributed by atoms with Gasteiger partial charge >= 0.3 is 0 Å². The van der Waals surface area contributed by atoms with Crippen LogP contribution in [0.5, 0.6) is 0 Å². The van der Waals surface area contributed by atoms with Gasteiger partial charge in [0.15, 0.2) is 0 Å². The van der Waals surface area contributed by atoms with Gasteiger partial charge in [-0.25, -0.2) is 0 Å². The van der Waals surface area contributed by atoms with Crippen molar-refractivity contribution in [2.75, 3.05) is 0 Å². The molecule has 0 saturated heterocycles. The molecule has 7 heavy (non-hydrogen) atoms. The zero-order valence-corrected chi connectivity index (χ0v) is 4.52. The predicted molar refractivity (Wildman–Crippen MR) is 26.0 cm³/mol. The summed E-state index contributed by atoms with van der Waals surface area (Å²) in [5.41, 5.74) is 0. The van der Waals surface area contributed by atoms with Crippen LogP contribution in [0.4, 0.5) is 0 Å². The van der Waals surface area contributed by atoms with Crippen molar-refractivity contribution in [1.29, 1.82) is 0 Å². The molecule has 0 bridgehead atoms. The van der Waals surface area contributed by atoms with Crippen molar-refractivity contribution in [3.8, 4) is 0 Å². The van der Waals surface area contributed by atoms with E-state index < -0.39 is 0 Å². The van der Waals surface area contributed by atoms with Crippen molar-refractivity contribution in [3.63, 3.8) is 0 Å². The van der Waals surface area contributed by atoms with Gasteiger partial charge in [-0.2, -0.15) is 0 Å². The normalized spacial score (nSPS) is 105. The van der Waals surface area contributed by atoms with Gasteiger partial charge in [-0.3, -0.25) is 0 Å². The van der Waals surface area contributed by atoms with Gasteiger partial charge in [-0.1, -0.05) is 0 Å². The number of hydrogen-bond donors (Lipinski definition) is 0. The number of alkyl halides is 1. The Balaban J connectivity index is 2.17. The lowest BCUT2D eigenvalue weighted by Crippen LogP contribution is -2.21. The average molecular weight is 113 g/mol. The fourth-order valence-corrected chi connectivity index (χ4v) is 4.23. The second-order valence-corrected chi connectivity index (χ2v) is 4.21. The van der Waals surface area contributed by atoms with E-state index in [9.17, 15) is 0 Å². The summed E-state index contributed by atoms with van der Waals surface area (Å²) >= 11 is 6.10. The molecule has 0 amide bonds. The Hall–Kier alpha value is 0.290. The van der Waals surface area contributed by atoms with Crippen LogP contribution in [0, 0.1) is 29.6 Å². The Morgan fingerprint density at radius 2 is 1.57 bits per heavy atom. The summed E-state index contributed by atoms with van der Waals surface area (Å²) in [6, 6.07) is 0. The van der Waals surface area contributed by atoms with Crippen LogP contribution in [0.2, 0.25) is 0 Å². The Morgan fingerprint density at radius 1 is 1.00 bits per heavy atom. The minimum Gasteiger partial charge on any atom is -0.118 e. The number of rotatable bonds is 0. The molecule has 1 heteroatoms. The minimum absolute atomic E-state index is 0.454. The fourth-order valence-electron chi connectivity index (χ4n) is 3.44. The molecule has 5 fully saturated rings. The van der Waals surface area contributed by atoms with Gasteiger partial charge in [0.2, 0.25) is 0 Å². The molecule has 0 spiro atoms. The molecule has 0 aromatic rings. The van der Waals surface area contributed by atoms with Crippen LogP contribution in [0.3, 0.4) is 0 Å². The lowest BCUT2D eigenvalue weighted by atomic mass is 10.00. The van der Waals surface area contributed by atoms with Crippen LogP contribution in [0.15, 0.2) is 0 Å². The number of halogens is 1. The van der Waals surface area contributed by atoms with Gasteiger partial charge in [0, 0.05) is 0 Å². The fraction of sp³-hybridized carbons (Fsp3) is 1.00. The molecule has 0 aromatic heterocycles. The third kappa shape index (κ3) is 0.0790. The zero-order valence-electron chi connectivity index (χ0n) is 3.76. The lowest BCUT2D eigenvalue weighted by Gasteiger charge is -2.17. The quantitative estimate of drug-likeness (QED) is 0.412. The maximum atomic E-state index is 6.10. The van der Waals surface area contributed by atoms with Gasteiger partial charge in [-0.05, 0) is 29.6 Å². The first-order chi connectivity index (χ1) is 3.37. The molecule has 0 N–H and O–H groups in total. The Kier molecular flexibility index (Phi) is 0.151. The second-order valence-electron chi connectivity index (χ2n) is 3.56. The minimum atomic E-state index is 0.454. The van der Waals surface area contributed by atoms with E-state index in [2.05, 4.69) is 0 Å². The molecule has 5 aliphatic carbocycles. The monoisotopic (exact) mass is 112 g/mol. The highest BCUT2D eigenvalue weighted by atomic mass is 35.5. The van der Waals surface area contributed by atoms with Crippen molar-refractivity contribution >= 4 is 11.6 Å². The highest BCUT2D eigenvalue weighted by Gasteiger charge is 3.06. The predicted octanol–water partition coefficient (Wildman–Crippen LogP) is 1.10. The van der Waals surface area contributed by atoms with E-state index in [1.54, 1.807) is 0 Å². The number of hydrogen-bond acceptors (Lipinski definition) is 0. The zero-order chi connectivity index (χ0) is 4.39. The topological polar surface area (TPSA) is 0 Å². The summed E-state index contributed by atoms with van der Waals surface area (Å²) in [5.74, 6) is 5.47. The van der Waals surface area contributed by atoms with Gasteiger partial charge < -0.3 is 0 Å².